The van der Waals surface area contributed by atoms with Crippen molar-refractivity contribution in [2.24, 2.45) is 0 Å². The fourth-order valence-electron chi connectivity index (χ4n) is 3.35. The van der Waals surface area contributed by atoms with Crippen molar-refractivity contribution in [3.8, 4) is 0 Å². The Hall–Kier alpha value is -2.20. The standard InChI is InChI=1S/C18H27N7O2S/c1-12-14(13(2)25-17(19-12)20-18(21-25)28-5)10-15(26)23(4)11-16(27)24-8-6-22(3)7-9-24/h6-11H2,1-5H3/p+1. The number of quaternary nitrogens is 1. The zero-order valence-corrected chi connectivity index (χ0v) is 18.0. The van der Waals surface area contributed by atoms with Gasteiger partial charge in [-0.15, -0.1) is 5.10 Å². The Kier molecular flexibility index (Phi) is 6.19. The van der Waals surface area contributed by atoms with E-state index >= 15 is 0 Å². The van der Waals surface area contributed by atoms with Crippen LogP contribution in [0, 0.1) is 13.8 Å². The van der Waals surface area contributed by atoms with E-state index < -0.39 is 0 Å². The van der Waals surface area contributed by atoms with Gasteiger partial charge in [-0.3, -0.25) is 9.59 Å². The molecule has 28 heavy (non-hydrogen) atoms. The van der Waals surface area contributed by atoms with E-state index in [9.17, 15) is 9.59 Å². The number of carbonyl (C=O) groups excluding carboxylic acids is 2. The maximum absolute atomic E-state index is 12.8. The van der Waals surface area contributed by atoms with E-state index in [0.717, 1.165) is 43.1 Å². The smallest absolute Gasteiger partial charge is 0.253 e. The van der Waals surface area contributed by atoms with Gasteiger partial charge in [-0.1, -0.05) is 11.8 Å². The highest BCUT2D eigenvalue weighted by atomic mass is 32.2. The van der Waals surface area contributed by atoms with Gasteiger partial charge in [0.25, 0.3) is 5.78 Å². The first kappa shape index (κ1) is 20.5. The van der Waals surface area contributed by atoms with Gasteiger partial charge in [-0.25, -0.2) is 9.50 Å². The molecule has 2 aromatic rings. The quantitative estimate of drug-likeness (QED) is 0.629. The summed E-state index contributed by atoms with van der Waals surface area (Å²) in [5.74, 6) is 0.438. The highest BCUT2D eigenvalue weighted by Crippen LogP contribution is 2.17. The molecule has 152 valence electrons. The van der Waals surface area contributed by atoms with Crippen LogP contribution in [0.15, 0.2) is 5.16 Å². The Bertz CT molecular complexity index is 890. The molecule has 0 radical (unpaired) electrons. The second kappa shape index (κ2) is 8.44. The van der Waals surface area contributed by atoms with E-state index in [4.69, 9.17) is 0 Å². The summed E-state index contributed by atoms with van der Waals surface area (Å²) in [6.45, 7) is 7.28. The molecule has 0 spiro atoms. The van der Waals surface area contributed by atoms with Crippen molar-refractivity contribution in [3.05, 3.63) is 17.0 Å². The number of fused-ring (bicyclic) bond motifs is 1. The lowest BCUT2D eigenvalue weighted by Crippen LogP contribution is -3.12. The highest BCUT2D eigenvalue weighted by Gasteiger charge is 2.24. The Labute approximate surface area is 169 Å². The van der Waals surface area contributed by atoms with Crippen molar-refractivity contribution in [1.82, 2.24) is 29.4 Å². The molecule has 1 N–H and O–H groups in total. The molecule has 3 rings (SSSR count). The van der Waals surface area contributed by atoms with Crippen molar-refractivity contribution < 1.29 is 14.5 Å². The van der Waals surface area contributed by atoms with E-state index in [2.05, 4.69) is 22.1 Å². The summed E-state index contributed by atoms with van der Waals surface area (Å²) in [7, 11) is 3.81. The van der Waals surface area contributed by atoms with Crippen LogP contribution in [-0.4, -0.2) is 94.3 Å². The number of nitrogens with zero attached hydrogens (tertiary/aromatic N) is 6. The summed E-state index contributed by atoms with van der Waals surface area (Å²) in [4.78, 5) is 38.9. The van der Waals surface area contributed by atoms with E-state index in [1.54, 1.807) is 11.6 Å². The minimum absolute atomic E-state index is 0.00580. The van der Waals surface area contributed by atoms with Crippen LogP contribution in [-0.2, 0) is 16.0 Å². The van der Waals surface area contributed by atoms with Crippen molar-refractivity contribution in [2.75, 3.05) is 53.1 Å². The molecule has 9 nitrogen and oxygen atoms in total. The third kappa shape index (κ3) is 4.27. The molecule has 1 saturated heterocycles. The largest absolute Gasteiger partial charge is 0.336 e. The molecular formula is C18H28N7O2S+. The number of thioether (sulfide) groups is 1. The minimum atomic E-state index is -0.106. The van der Waals surface area contributed by atoms with Gasteiger partial charge in [-0.05, 0) is 20.1 Å². The molecule has 2 amide bonds. The third-order valence-electron chi connectivity index (χ3n) is 5.31. The summed E-state index contributed by atoms with van der Waals surface area (Å²) < 4.78 is 1.68. The van der Waals surface area contributed by atoms with Crippen LogP contribution in [0.2, 0.25) is 0 Å². The fraction of sp³-hybridized carbons (Fsp3) is 0.611. The molecule has 1 aliphatic heterocycles. The van der Waals surface area contributed by atoms with Gasteiger partial charge in [0.1, 0.15) is 0 Å². The average Bonchev–Trinajstić information content (AvgIpc) is 3.08. The SMILES string of the molecule is CSc1nc2nc(C)c(CC(=O)N(C)CC(=O)N3CC[NH+](C)CC3)c(C)n2n1. The molecule has 0 aliphatic carbocycles. The van der Waals surface area contributed by atoms with E-state index in [1.165, 1.54) is 21.6 Å². The van der Waals surface area contributed by atoms with Crippen LogP contribution in [0.1, 0.15) is 17.0 Å². The molecule has 0 aromatic carbocycles. The molecule has 10 heteroatoms. The van der Waals surface area contributed by atoms with Crippen molar-refractivity contribution in [2.45, 2.75) is 25.4 Å². The Morgan fingerprint density at radius 2 is 1.89 bits per heavy atom. The molecular weight excluding hydrogens is 378 g/mol. The summed E-state index contributed by atoms with van der Waals surface area (Å²) in [5, 5.41) is 5.07. The zero-order chi connectivity index (χ0) is 20.4. The van der Waals surface area contributed by atoms with Crippen LogP contribution in [0.5, 0.6) is 0 Å². The Balaban J connectivity index is 1.69. The number of aromatic nitrogens is 4. The molecule has 0 unspecified atom stereocenters. The Morgan fingerprint density at radius 3 is 2.54 bits per heavy atom. The topological polar surface area (TPSA) is 88.1 Å². The van der Waals surface area contributed by atoms with Gasteiger partial charge in [-0.2, -0.15) is 4.98 Å². The van der Waals surface area contributed by atoms with Gasteiger partial charge in [0.2, 0.25) is 17.0 Å². The predicted octanol–water partition coefficient (Wildman–Crippen LogP) is -1.18. The first-order valence-corrected chi connectivity index (χ1v) is 10.6. The van der Waals surface area contributed by atoms with Gasteiger partial charge >= 0.3 is 0 Å². The summed E-state index contributed by atoms with van der Waals surface area (Å²) in [5.41, 5.74) is 2.45. The van der Waals surface area contributed by atoms with E-state index in [0.29, 0.717) is 10.9 Å². The molecule has 0 atom stereocenters. The van der Waals surface area contributed by atoms with Gasteiger partial charge in [0, 0.05) is 24.0 Å². The molecule has 0 saturated carbocycles. The van der Waals surface area contributed by atoms with Crippen molar-refractivity contribution in [1.29, 1.82) is 0 Å². The lowest BCUT2D eigenvalue weighted by atomic mass is 10.1. The Morgan fingerprint density at radius 1 is 1.21 bits per heavy atom. The molecule has 0 bridgehead atoms. The number of hydrogen-bond donors (Lipinski definition) is 1. The van der Waals surface area contributed by atoms with Crippen molar-refractivity contribution >= 4 is 29.4 Å². The van der Waals surface area contributed by atoms with Gasteiger partial charge in [0.05, 0.1) is 46.2 Å². The number of aryl methyl sites for hydroxylation is 2. The first-order valence-electron chi connectivity index (χ1n) is 9.40. The molecule has 1 fully saturated rings. The van der Waals surface area contributed by atoms with Gasteiger partial charge in [0.15, 0.2) is 0 Å². The summed E-state index contributed by atoms with van der Waals surface area (Å²) >= 11 is 1.45. The molecule has 1 aliphatic rings. The zero-order valence-electron chi connectivity index (χ0n) is 17.2. The number of piperazine rings is 1. The fourth-order valence-corrected chi connectivity index (χ4v) is 3.68. The van der Waals surface area contributed by atoms with E-state index in [1.807, 2.05) is 25.0 Å². The van der Waals surface area contributed by atoms with Gasteiger partial charge < -0.3 is 14.7 Å². The molecule has 2 aromatic heterocycles. The number of amides is 2. The highest BCUT2D eigenvalue weighted by molar-refractivity contribution is 7.98. The lowest BCUT2D eigenvalue weighted by molar-refractivity contribution is -0.883. The monoisotopic (exact) mass is 406 g/mol. The number of nitrogens with one attached hydrogen (secondary N) is 1. The van der Waals surface area contributed by atoms with Crippen LogP contribution in [0.4, 0.5) is 0 Å². The summed E-state index contributed by atoms with van der Waals surface area (Å²) in [6.07, 6.45) is 2.10. The number of likely N-dealkylation sites (N-methyl/N-ethyl adjacent to an activating group) is 2. The second-order valence-electron chi connectivity index (χ2n) is 7.34. The maximum atomic E-state index is 12.8. The third-order valence-corrected chi connectivity index (χ3v) is 5.85. The number of rotatable bonds is 5. The molecule has 3 heterocycles. The first-order chi connectivity index (χ1) is 13.3. The minimum Gasteiger partial charge on any atom is -0.336 e. The van der Waals surface area contributed by atoms with Crippen LogP contribution in [0.25, 0.3) is 5.78 Å². The van der Waals surface area contributed by atoms with E-state index in [-0.39, 0.29) is 24.8 Å². The maximum Gasteiger partial charge on any atom is 0.253 e. The number of hydrogen-bond acceptors (Lipinski definition) is 6. The lowest BCUT2D eigenvalue weighted by Gasteiger charge is -2.31. The summed E-state index contributed by atoms with van der Waals surface area (Å²) in [6, 6.07) is 0. The van der Waals surface area contributed by atoms with Crippen LogP contribution in [0.3, 0.4) is 0 Å². The normalized spacial score (nSPS) is 15.2. The second-order valence-corrected chi connectivity index (χ2v) is 8.11. The average molecular weight is 407 g/mol. The van der Waals surface area contributed by atoms with Crippen LogP contribution < -0.4 is 4.90 Å². The number of carbonyl (C=O) groups is 2. The van der Waals surface area contributed by atoms with Crippen molar-refractivity contribution in [3.63, 3.8) is 0 Å². The van der Waals surface area contributed by atoms with Crippen LogP contribution >= 0.6 is 11.8 Å². The predicted molar refractivity (Wildman–Crippen MR) is 107 cm³/mol.